The Morgan fingerprint density at radius 2 is 1.79 bits per heavy atom. The molecule has 3 aromatic carbocycles. The molecule has 218 valence electrons. The van der Waals surface area contributed by atoms with Gasteiger partial charge in [0.25, 0.3) is 0 Å². The fourth-order valence-electron chi connectivity index (χ4n) is 6.14. The molecule has 1 unspecified atom stereocenters. The molecule has 0 aromatic heterocycles. The van der Waals surface area contributed by atoms with E-state index in [4.69, 9.17) is 4.74 Å². The number of urea groups is 1. The van der Waals surface area contributed by atoms with Gasteiger partial charge in [-0.2, -0.15) is 5.01 Å². The maximum absolute atomic E-state index is 14.1. The van der Waals surface area contributed by atoms with Crippen molar-refractivity contribution in [2.24, 2.45) is 0 Å². The van der Waals surface area contributed by atoms with E-state index in [0.717, 1.165) is 34.4 Å². The molecule has 6 rings (SSSR count). The summed E-state index contributed by atoms with van der Waals surface area (Å²) in [5.74, 6) is 0.589. The molecule has 10 heteroatoms. The van der Waals surface area contributed by atoms with Crippen molar-refractivity contribution < 1.29 is 24.2 Å². The number of para-hydroxylation sites is 1. The van der Waals surface area contributed by atoms with E-state index in [-0.39, 0.29) is 49.2 Å². The van der Waals surface area contributed by atoms with Gasteiger partial charge in [0.1, 0.15) is 29.8 Å². The Labute approximate surface area is 245 Å². The summed E-state index contributed by atoms with van der Waals surface area (Å²) in [6.07, 6.45) is 0.654. The minimum absolute atomic E-state index is 0.0194. The average Bonchev–Trinajstić information content (AvgIpc) is 3.54. The second-order valence-electron chi connectivity index (χ2n) is 11.2. The van der Waals surface area contributed by atoms with Crippen molar-refractivity contribution in [3.05, 3.63) is 95.1 Å². The number of aromatic hydroxyl groups is 1. The van der Waals surface area contributed by atoms with Crippen molar-refractivity contribution in [3.8, 4) is 11.5 Å². The number of nitrogens with one attached hydrogen (secondary N) is 1. The first-order valence-electron chi connectivity index (χ1n) is 14.3. The standard InChI is InChI=1S/C32H35N5O5/c1-21-15-24-9-6-10-25(30(24)42-21)18-35-19-28-36(34(2)32(41)33-17-23-7-4-3-5-8-23)20-29(39)37(28)27(31(35)40)16-22-11-13-26(38)14-12-22/h3-14,21,27-28,38H,15-20H2,1-2H3,(H,33,41)/t21?,27-,28+/m0/s1. The van der Waals surface area contributed by atoms with Gasteiger partial charge in [-0.05, 0) is 35.7 Å². The highest BCUT2D eigenvalue weighted by Crippen LogP contribution is 2.35. The molecule has 3 aliphatic heterocycles. The molecule has 0 spiro atoms. The maximum atomic E-state index is 14.1. The van der Waals surface area contributed by atoms with E-state index in [2.05, 4.69) is 11.4 Å². The van der Waals surface area contributed by atoms with E-state index in [1.165, 1.54) is 5.01 Å². The highest BCUT2D eigenvalue weighted by atomic mass is 16.5. The van der Waals surface area contributed by atoms with Gasteiger partial charge in [0.2, 0.25) is 11.8 Å². The number of ether oxygens (including phenoxy) is 1. The van der Waals surface area contributed by atoms with Gasteiger partial charge in [-0.1, -0.05) is 60.7 Å². The minimum atomic E-state index is -0.761. The van der Waals surface area contributed by atoms with Crippen molar-refractivity contribution in [1.29, 1.82) is 0 Å². The molecular formula is C32H35N5O5. The Morgan fingerprint density at radius 1 is 1.02 bits per heavy atom. The van der Waals surface area contributed by atoms with Crippen LogP contribution in [0.5, 0.6) is 11.5 Å². The third-order valence-electron chi connectivity index (χ3n) is 8.26. The predicted octanol–water partition coefficient (Wildman–Crippen LogP) is 2.90. The molecule has 4 amide bonds. The van der Waals surface area contributed by atoms with Crippen molar-refractivity contribution >= 4 is 17.8 Å². The molecule has 42 heavy (non-hydrogen) atoms. The molecule has 10 nitrogen and oxygen atoms in total. The number of carbonyl (C=O) groups is 3. The Kier molecular flexibility index (Phi) is 7.47. The Bertz CT molecular complexity index is 1480. The van der Waals surface area contributed by atoms with Gasteiger partial charge in [-0.15, -0.1) is 0 Å². The van der Waals surface area contributed by atoms with Gasteiger partial charge < -0.3 is 25.0 Å². The summed E-state index contributed by atoms with van der Waals surface area (Å²) in [6, 6.07) is 21.2. The molecule has 3 aromatic rings. The summed E-state index contributed by atoms with van der Waals surface area (Å²) in [5.41, 5.74) is 3.84. The van der Waals surface area contributed by atoms with Gasteiger partial charge in [-0.25, -0.2) is 4.79 Å². The molecule has 0 aliphatic carbocycles. The highest BCUT2D eigenvalue weighted by Gasteiger charge is 2.51. The molecule has 3 atom stereocenters. The van der Waals surface area contributed by atoms with Crippen molar-refractivity contribution in [2.45, 2.75) is 51.2 Å². The summed E-state index contributed by atoms with van der Waals surface area (Å²) >= 11 is 0. The first kappa shape index (κ1) is 27.6. The highest BCUT2D eigenvalue weighted by molar-refractivity contribution is 5.92. The monoisotopic (exact) mass is 569 g/mol. The number of amides is 4. The fraction of sp³-hybridized carbons (Fsp3) is 0.344. The lowest BCUT2D eigenvalue weighted by Crippen LogP contribution is -2.65. The van der Waals surface area contributed by atoms with Crippen LogP contribution in [-0.2, 0) is 35.5 Å². The van der Waals surface area contributed by atoms with Crippen LogP contribution in [0, 0.1) is 0 Å². The maximum Gasteiger partial charge on any atom is 0.332 e. The summed E-state index contributed by atoms with van der Waals surface area (Å²) < 4.78 is 6.11. The molecule has 0 bridgehead atoms. The number of hydrogen-bond acceptors (Lipinski definition) is 6. The van der Waals surface area contributed by atoms with E-state index < -0.39 is 12.2 Å². The second-order valence-corrected chi connectivity index (χ2v) is 11.2. The van der Waals surface area contributed by atoms with E-state index in [1.54, 1.807) is 46.1 Å². The average molecular weight is 570 g/mol. The third kappa shape index (κ3) is 5.37. The summed E-state index contributed by atoms with van der Waals surface area (Å²) in [6.45, 7) is 2.94. The van der Waals surface area contributed by atoms with Crippen LogP contribution in [0.25, 0.3) is 0 Å². The number of nitrogens with zero attached hydrogens (tertiary/aromatic N) is 4. The lowest BCUT2D eigenvalue weighted by molar-refractivity contribution is -0.157. The zero-order valence-corrected chi connectivity index (χ0v) is 23.8. The number of hydrogen-bond donors (Lipinski definition) is 2. The quantitative estimate of drug-likeness (QED) is 0.454. The number of piperazine rings is 1. The predicted molar refractivity (Wildman–Crippen MR) is 155 cm³/mol. The number of phenols is 1. The summed E-state index contributed by atoms with van der Waals surface area (Å²) in [5, 5.41) is 15.9. The van der Waals surface area contributed by atoms with Crippen molar-refractivity contribution in [2.75, 3.05) is 20.1 Å². The van der Waals surface area contributed by atoms with Crippen LogP contribution >= 0.6 is 0 Å². The Hall–Kier alpha value is -4.57. The molecule has 3 aliphatic rings. The number of phenolic OH excluding ortho intramolecular Hbond substituents is 1. The van der Waals surface area contributed by atoms with Gasteiger partial charge >= 0.3 is 6.03 Å². The molecule has 2 saturated heterocycles. The molecule has 2 fully saturated rings. The normalized spacial score (nSPS) is 21.6. The summed E-state index contributed by atoms with van der Waals surface area (Å²) in [7, 11) is 1.64. The van der Waals surface area contributed by atoms with Crippen LogP contribution in [0.3, 0.4) is 0 Å². The van der Waals surface area contributed by atoms with Crippen LogP contribution < -0.4 is 10.1 Å². The number of carbonyl (C=O) groups excluding carboxylic acids is 3. The van der Waals surface area contributed by atoms with Gasteiger partial charge in [0.05, 0.1) is 13.1 Å². The van der Waals surface area contributed by atoms with E-state index in [0.29, 0.717) is 13.1 Å². The largest absolute Gasteiger partial charge is 0.508 e. The van der Waals surface area contributed by atoms with E-state index >= 15 is 0 Å². The third-order valence-corrected chi connectivity index (χ3v) is 8.26. The van der Waals surface area contributed by atoms with Crippen LogP contribution in [0.15, 0.2) is 72.8 Å². The Morgan fingerprint density at radius 3 is 2.55 bits per heavy atom. The number of fused-ring (bicyclic) bond motifs is 2. The smallest absolute Gasteiger partial charge is 0.332 e. The number of benzene rings is 3. The van der Waals surface area contributed by atoms with E-state index in [1.807, 2.05) is 49.4 Å². The molecule has 3 heterocycles. The lowest BCUT2D eigenvalue weighted by Gasteiger charge is -2.45. The Balaban J connectivity index is 1.27. The SMILES string of the molecule is CC1Cc2cccc(CN3C[C@H]4N(C(=O)CN4N(C)C(=O)NCc4ccccc4)[C@@H](Cc4ccc(O)cc4)C3=O)c2O1. The van der Waals surface area contributed by atoms with Gasteiger partial charge in [-0.3, -0.25) is 14.6 Å². The van der Waals surface area contributed by atoms with Crippen LogP contribution in [-0.4, -0.2) is 81.2 Å². The van der Waals surface area contributed by atoms with Gasteiger partial charge in [0.15, 0.2) is 0 Å². The van der Waals surface area contributed by atoms with Crippen molar-refractivity contribution in [1.82, 2.24) is 25.1 Å². The zero-order valence-electron chi connectivity index (χ0n) is 23.8. The fourth-order valence-corrected chi connectivity index (χ4v) is 6.14. The van der Waals surface area contributed by atoms with Crippen molar-refractivity contribution in [3.63, 3.8) is 0 Å². The topological polar surface area (TPSA) is 106 Å². The lowest BCUT2D eigenvalue weighted by atomic mass is 9.99. The summed E-state index contributed by atoms with van der Waals surface area (Å²) in [4.78, 5) is 44.1. The van der Waals surface area contributed by atoms with Crippen LogP contribution in [0.1, 0.15) is 29.2 Å². The molecule has 2 N–H and O–H groups in total. The van der Waals surface area contributed by atoms with E-state index in [9.17, 15) is 19.5 Å². The number of hydrazine groups is 1. The molecule has 0 radical (unpaired) electrons. The molecular weight excluding hydrogens is 534 g/mol. The number of rotatable bonds is 7. The van der Waals surface area contributed by atoms with Crippen LogP contribution in [0.2, 0.25) is 0 Å². The van der Waals surface area contributed by atoms with Crippen LogP contribution in [0.4, 0.5) is 4.79 Å². The zero-order chi connectivity index (χ0) is 29.4. The first-order valence-corrected chi connectivity index (χ1v) is 14.3. The first-order chi connectivity index (χ1) is 20.3. The minimum Gasteiger partial charge on any atom is -0.508 e. The second kappa shape index (κ2) is 11.4. The van der Waals surface area contributed by atoms with Gasteiger partial charge in [0, 0.05) is 38.5 Å². The molecule has 0 saturated carbocycles.